The van der Waals surface area contributed by atoms with Gasteiger partial charge >= 0.3 is 6.18 Å². The Morgan fingerprint density at radius 2 is 1.86 bits per heavy atom. The van der Waals surface area contributed by atoms with E-state index >= 15 is 0 Å². The van der Waals surface area contributed by atoms with Crippen molar-refractivity contribution in [3.63, 3.8) is 0 Å². The summed E-state index contributed by atoms with van der Waals surface area (Å²) in [6.07, 6.45) is -3.31. The number of aromatic nitrogens is 1. The lowest BCUT2D eigenvalue weighted by molar-refractivity contribution is -0.137. The van der Waals surface area contributed by atoms with E-state index in [1.54, 1.807) is 0 Å². The Hall–Kier alpha value is -1.87. The number of benzene rings is 1. The first-order valence-electron chi connectivity index (χ1n) is 5.61. The van der Waals surface area contributed by atoms with Gasteiger partial charge in [-0.25, -0.2) is 4.98 Å². The van der Waals surface area contributed by atoms with Gasteiger partial charge in [-0.3, -0.25) is 4.18 Å². The van der Waals surface area contributed by atoms with Crippen LogP contribution in [0.1, 0.15) is 11.3 Å². The van der Waals surface area contributed by atoms with Crippen LogP contribution < -0.4 is 0 Å². The van der Waals surface area contributed by atoms with Crippen LogP contribution in [0.5, 0.6) is 0 Å². The number of nitrogens with zero attached hydrogens (tertiary/aromatic N) is 1. The highest BCUT2D eigenvalue weighted by Crippen LogP contribution is 2.30. The van der Waals surface area contributed by atoms with Gasteiger partial charge in [0.2, 0.25) is 5.89 Å². The zero-order valence-electron chi connectivity index (χ0n) is 10.7. The second-order valence-corrected chi connectivity index (χ2v) is 5.83. The van der Waals surface area contributed by atoms with Gasteiger partial charge in [-0.1, -0.05) is 0 Å². The van der Waals surface area contributed by atoms with Gasteiger partial charge in [0.25, 0.3) is 10.1 Å². The van der Waals surface area contributed by atoms with E-state index in [0.717, 1.165) is 25.5 Å². The van der Waals surface area contributed by atoms with Crippen LogP contribution in [0, 0.1) is 0 Å². The fourth-order valence-corrected chi connectivity index (χ4v) is 2.16. The summed E-state index contributed by atoms with van der Waals surface area (Å²) in [5.41, 5.74) is -0.379. The molecule has 0 atom stereocenters. The summed E-state index contributed by atoms with van der Waals surface area (Å²) in [6.45, 7) is 0. The first-order chi connectivity index (χ1) is 9.71. The van der Waals surface area contributed by atoms with Gasteiger partial charge in [0.15, 0.2) is 0 Å². The summed E-state index contributed by atoms with van der Waals surface area (Å²) in [5, 5.41) is 0. The van der Waals surface area contributed by atoms with E-state index in [2.05, 4.69) is 9.17 Å². The average molecular weight is 321 g/mol. The maximum absolute atomic E-state index is 12.4. The van der Waals surface area contributed by atoms with Crippen molar-refractivity contribution in [1.82, 2.24) is 4.98 Å². The van der Waals surface area contributed by atoms with Crippen LogP contribution in [0.2, 0.25) is 0 Å². The van der Waals surface area contributed by atoms with Crippen molar-refractivity contribution in [3.8, 4) is 11.5 Å². The SMILES string of the molecule is COS(=O)(=O)Cc1coc(-c2ccc(C(F)(F)F)cc2)n1. The second kappa shape index (κ2) is 5.49. The van der Waals surface area contributed by atoms with Gasteiger partial charge in [0.1, 0.15) is 12.0 Å². The molecule has 0 aliphatic heterocycles. The molecule has 0 unspecified atom stereocenters. The zero-order chi connectivity index (χ0) is 15.7. The lowest BCUT2D eigenvalue weighted by atomic mass is 10.1. The van der Waals surface area contributed by atoms with Gasteiger partial charge in [0, 0.05) is 5.56 Å². The van der Waals surface area contributed by atoms with Gasteiger partial charge < -0.3 is 4.42 Å². The Morgan fingerprint density at radius 1 is 1.24 bits per heavy atom. The molecule has 0 spiro atoms. The van der Waals surface area contributed by atoms with Crippen molar-refractivity contribution >= 4 is 10.1 Å². The molecule has 0 bridgehead atoms. The Balaban J connectivity index is 2.22. The number of hydrogen-bond donors (Lipinski definition) is 0. The van der Waals surface area contributed by atoms with Crippen LogP contribution in [-0.2, 0) is 26.2 Å². The first-order valence-corrected chi connectivity index (χ1v) is 7.19. The molecule has 1 heterocycles. The monoisotopic (exact) mass is 321 g/mol. The Labute approximate surface area is 118 Å². The Kier molecular flexibility index (Phi) is 4.06. The summed E-state index contributed by atoms with van der Waals surface area (Å²) in [4.78, 5) is 3.90. The molecule has 0 radical (unpaired) electrons. The number of rotatable bonds is 4. The standard InChI is InChI=1S/C12H10F3NO4S/c1-19-21(17,18)7-10-6-20-11(16-10)8-2-4-9(5-3-8)12(13,14)15/h2-6H,7H2,1H3. The molecule has 2 aromatic rings. The molecule has 2 rings (SSSR count). The second-order valence-electron chi connectivity index (χ2n) is 4.09. The molecule has 0 N–H and O–H groups in total. The van der Waals surface area contributed by atoms with Gasteiger partial charge in [-0.15, -0.1) is 0 Å². The molecule has 0 saturated heterocycles. The molecule has 1 aromatic carbocycles. The molecule has 21 heavy (non-hydrogen) atoms. The van der Waals surface area contributed by atoms with Crippen LogP contribution >= 0.6 is 0 Å². The molecular formula is C12H10F3NO4S. The Morgan fingerprint density at radius 3 is 2.38 bits per heavy atom. The molecule has 9 heteroatoms. The molecule has 1 aromatic heterocycles. The summed E-state index contributed by atoms with van der Waals surface area (Å²) in [7, 11) is -2.72. The van der Waals surface area contributed by atoms with Crippen LogP contribution in [0.25, 0.3) is 11.5 Å². The normalized spacial score (nSPS) is 12.6. The highest BCUT2D eigenvalue weighted by molar-refractivity contribution is 7.85. The fraction of sp³-hybridized carbons (Fsp3) is 0.250. The van der Waals surface area contributed by atoms with Crippen molar-refractivity contribution < 1.29 is 30.2 Å². The van der Waals surface area contributed by atoms with E-state index < -0.39 is 27.6 Å². The third-order valence-electron chi connectivity index (χ3n) is 2.59. The van der Waals surface area contributed by atoms with Crippen LogP contribution in [0.15, 0.2) is 34.9 Å². The summed E-state index contributed by atoms with van der Waals surface area (Å²) in [5.74, 6) is -0.446. The van der Waals surface area contributed by atoms with E-state index in [-0.39, 0.29) is 11.6 Å². The van der Waals surface area contributed by atoms with Crippen molar-refractivity contribution in [1.29, 1.82) is 0 Å². The van der Waals surface area contributed by atoms with Gasteiger partial charge in [-0.2, -0.15) is 21.6 Å². The van der Waals surface area contributed by atoms with E-state index in [1.807, 2.05) is 0 Å². The minimum absolute atomic E-state index is 0.0324. The van der Waals surface area contributed by atoms with Crippen molar-refractivity contribution in [2.75, 3.05) is 7.11 Å². The molecule has 0 aliphatic rings. The minimum Gasteiger partial charge on any atom is -0.444 e. The predicted molar refractivity (Wildman–Crippen MR) is 66.6 cm³/mol. The van der Waals surface area contributed by atoms with Crippen molar-refractivity contribution in [3.05, 3.63) is 41.8 Å². The van der Waals surface area contributed by atoms with Crippen LogP contribution in [0.4, 0.5) is 13.2 Å². The van der Waals surface area contributed by atoms with E-state index in [9.17, 15) is 21.6 Å². The fourth-order valence-electron chi connectivity index (χ4n) is 1.55. The maximum Gasteiger partial charge on any atom is 0.416 e. The molecule has 0 aliphatic carbocycles. The highest BCUT2D eigenvalue weighted by atomic mass is 32.2. The smallest absolute Gasteiger partial charge is 0.416 e. The van der Waals surface area contributed by atoms with E-state index in [1.165, 1.54) is 12.1 Å². The van der Waals surface area contributed by atoms with Crippen LogP contribution in [-0.4, -0.2) is 20.5 Å². The van der Waals surface area contributed by atoms with Crippen LogP contribution in [0.3, 0.4) is 0 Å². The lowest BCUT2D eigenvalue weighted by Crippen LogP contribution is -2.06. The molecule has 0 fully saturated rings. The number of halogens is 3. The largest absolute Gasteiger partial charge is 0.444 e. The minimum atomic E-state index is -4.42. The summed E-state index contributed by atoms with van der Waals surface area (Å²) >= 11 is 0. The third kappa shape index (κ3) is 3.82. The predicted octanol–water partition coefficient (Wildman–Crippen LogP) is 2.84. The molecular weight excluding hydrogens is 311 g/mol. The highest BCUT2D eigenvalue weighted by Gasteiger charge is 2.30. The topological polar surface area (TPSA) is 69.4 Å². The molecule has 5 nitrogen and oxygen atoms in total. The number of alkyl halides is 3. The third-order valence-corrected chi connectivity index (χ3v) is 3.75. The molecule has 0 amide bonds. The molecule has 114 valence electrons. The molecule has 0 saturated carbocycles. The van der Waals surface area contributed by atoms with Gasteiger partial charge in [0.05, 0.1) is 18.4 Å². The van der Waals surface area contributed by atoms with Gasteiger partial charge in [-0.05, 0) is 24.3 Å². The van der Waals surface area contributed by atoms with Crippen molar-refractivity contribution in [2.24, 2.45) is 0 Å². The first kappa shape index (κ1) is 15.5. The maximum atomic E-state index is 12.4. The summed E-state index contributed by atoms with van der Waals surface area (Å²) < 4.78 is 69.1. The van der Waals surface area contributed by atoms with E-state index in [4.69, 9.17) is 4.42 Å². The zero-order valence-corrected chi connectivity index (χ0v) is 11.5. The summed E-state index contributed by atoms with van der Waals surface area (Å²) in [6, 6.07) is 4.18. The quantitative estimate of drug-likeness (QED) is 0.810. The number of oxazole rings is 1. The average Bonchev–Trinajstić information content (AvgIpc) is 2.86. The lowest BCUT2D eigenvalue weighted by Gasteiger charge is -2.05. The van der Waals surface area contributed by atoms with Crippen molar-refractivity contribution in [2.45, 2.75) is 11.9 Å². The van der Waals surface area contributed by atoms with E-state index in [0.29, 0.717) is 5.56 Å². The number of hydrogen-bond acceptors (Lipinski definition) is 5. The Bertz CT molecular complexity index is 720.